The van der Waals surface area contributed by atoms with E-state index >= 15 is 0 Å². The van der Waals surface area contributed by atoms with Crippen molar-refractivity contribution in [3.05, 3.63) is 216 Å². The van der Waals surface area contributed by atoms with Gasteiger partial charge in [-0.15, -0.1) is 0 Å². The molecular weight excluding hydrogens is 781 g/mol. The summed E-state index contributed by atoms with van der Waals surface area (Å²) in [5, 5.41) is 8.81. The molecule has 10 aromatic carbocycles. The van der Waals surface area contributed by atoms with E-state index in [9.17, 15) is 0 Å². The minimum atomic E-state index is 0.822. The maximum atomic E-state index is 6.99. The summed E-state index contributed by atoms with van der Waals surface area (Å²) in [6.07, 6.45) is 0. The maximum Gasteiger partial charge on any atom is 0.147 e. The lowest BCUT2D eigenvalue weighted by atomic mass is 9.97. The summed E-state index contributed by atoms with van der Waals surface area (Å²) < 4.78 is 14.0. The smallest absolute Gasteiger partial charge is 0.147 e. The number of hydrogen-bond donors (Lipinski definition) is 0. The van der Waals surface area contributed by atoms with E-state index in [4.69, 9.17) is 8.83 Å². The van der Waals surface area contributed by atoms with Crippen LogP contribution in [0, 0.1) is 27.7 Å². The van der Waals surface area contributed by atoms with Crippen molar-refractivity contribution in [2.24, 2.45) is 0 Å². The highest BCUT2D eigenvalue weighted by Crippen LogP contribution is 2.47. The Balaban J connectivity index is 1.02. The SMILES string of the molecule is Cc1ccc(N(c2ccc(C)cc2)c2ccc3cc4c(cc3c2)oc2c(-c3ccccc3)c3oc5cc6cc(N(c7ccc(C)cc7)c7ccc(C)cc7)ccc6cc5c3cc24)cc1. The van der Waals surface area contributed by atoms with E-state index in [1.807, 2.05) is 0 Å². The standard InChI is InChI=1S/C60H44N2O2/c1-37-10-20-46(21-11-37)61(47-22-12-38(2)13-23-47)50-28-18-42-32-52-54-36-55-53-33-43-19-29-51(62(48-24-14-39(3)15-25-48)49-26-16-40(4)17-27-49)31-45(43)35-57(53)64-60(55)58(41-8-6-5-7-9-41)59(54)63-56(52)34-44(42)30-50/h5-36H,1-4H3. The number of benzene rings is 10. The summed E-state index contributed by atoms with van der Waals surface area (Å²) >= 11 is 0. The van der Waals surface area contributed by atoms with Crippen molar-refractivity contribution < 1.29 is 8.83 Å². The minimum absolute atomic E-state index is 0.822. The van der Waals surface area contributed by atoms with Gasteiger partial charge in [0.15, 0.2) is 0 Å². The molecular formula is C60H44N2O2. The second-order valence-electron chi connectivity index (χ2n) is 17.3. The van der Waals surface area contributed by atoms with Crippen molar-refractivity contribution in [3.63, 3.8) is 0 Å². The molecule has 0 atom stereocenters. The first-order valence-corrected chi connectivity index (χ1v) is 22.0. The zero-order chi connectivity index (χ0) is 43.1. The third kappa shape index (κ3) is 6.37. The summed E-state index contributed by atoms with van der Waals surface area (Å²) in [7, 11) is 0. The second-order valence-corrected chi connectivity index (χ2v) is 17.3. The van der Waals surface area contributed by atoms with Crippen LogP contribution in [0.5, 0.6) is 0 Å². The van der Waals surface area contributed by atoms with Crippen molar-refractivity contribution in [2.75, 3.05) is 9.80 Å². The molecule has 0 N–H and O–H groups in total. The number of anilines is 6. The Morgan fingerprint density at radius 3 is 1.03 bits per heavy atom. The molecule has 12 aromatic rings. The van der Waals surface area contributed by atoms with Crippen LogP contribution in [0.25, 0.3) is 76.5 Å². The molecule has 0 aliphatic carbocycles. The Labute approximate surface area is 371 Å². The van der Waals surface area contributed by atoms with Gasteiger partial charge in [0.1, 0.15) is 22.3 Å². The van der Waals surface area contributed by atoms with Crippen LogP contribution in [0.4, 0.5) is 34.1 Å². The maximum absolute atomic E-state index is 6.99. The average Bonchev–Trinajstić information content (AvgIpc) is 3.85. The molecule has 0 spiro atoms. The van der Waals surface area contributed by atoms with Crippen LogP contribution in [-0.4, -0.2) is 0 Å². The summed E-state index contributed by atoms with van der Waals surface area (Å²) in [6.45, 7) is 8.51. The zero-order valence-electron chi connectivity index (χ0n) is 36.2. The normalized spacial score (nSPS) is 11.8. The van der Waals surface area contributed by atoms with Gasteiger partial charge in [-0.1, -0.05) is 113 Å². The molecule has 0 aliphatic rings. The Morgan fingerprint density at radius 2 is 0.656 bits per heavy atom. The molecule has 64 heavy (non-hydrogen) atoms. The molecule has 0 radical (unpaired) electrons. The predicted octanol–water partition coefficient (Wildman–Crippen LogP) is 17.6. The van der Waals surface area contributed by atoms with Crippen molar-refractivity contribution in [1.29, 1.82) is 0 Å². The third-order valence-electron chi connectivity index (χ3n) is 12.8. The van der Waals surface area contributed by atoms with Gasteiger partial charge in [-0.05, 0) is 158 Å². The average molecular weight is 825 g/mol. The fourth-order valence-corrected chi connectivity index (χ4v) is 9.41. The van der Waals surface area contributed by atoms with Crippen molar-refractivity contribution in [3.8, 4) is 11.1 Å². The summed E-state index contributed by atoms with van der Waals surface area (Å²) in [4.78, 5) is 4.64. The second kappa shape index (κ2) is 14.8. The Kier molecular flexibility index (Phi) is 8.70. The van der Waals surface area contributed by atoms with E-state index in [1.165, 1.54) is 22.3 Å². The van der Waals surface area contributed by atoms with Gasteiger partial charge in [-0.2, -0.15) is 0 Å². The first-order valence-electron chi connectivity index (χ1n) is 22.0. The summed E-state index contributed by atoms with van der Waals surface area (Å²) in [6, 6.07) is 70.2. The molecule has 0 fully saturated rings. The monoisotopic (exact) mass is 824 g/mol. The molecule has 0 amide bonds. The number of nitrogens with zero attached hydrogens (tertiary/aromatic N) is 2. The first-order chi connectivity index (χ1) is 31.3. The van der Waals surface area contributed by atoms with E-state index < -0.39 is 0 Å². The van der Waals surface area contributed by atoms with Crippen LogP contribution in [0.2, 0.25) is 0 Å². The van der Waals surface area contributed by atoms with Crippen LogP contribution in [0.15, 0.2) is 203 Å². The van der Waals surface area contributed by atoms with Gasteiger partial charge in [0.2, 0.25) is 0 Å². The Morgan fingerprint density at radius 1 is 0.297 bits per heavy atom. The molecule has 0 saturated heterocycles. The van der Waals surface area contributed by atoms with Gasteiger partial charge in [-0.25, -0.2) is 0 Å². The van der Waals surface area contributed by atoms with E-state index in [1.54, 1.807) is 0 Å². The van der Waals surface area contributed by atoms with Gasteiger partial charge in [0, 0.05) is 55.7 Å². The van der Waals surface area contributed by atoms with E-state index in [0.717, 1.165) is 111 Å². The molecule has 0 bridgehead atoms. The minimum Gasteiger partial charge on any atom is -0.455 e. The zero-order valence-corrected chi connectivity index (χ0v) is 36.2. The molecule has 0 saturated carbocycles. The highest BCUT2D eigenvalue weighted by atomic mass is 16.3. The van der Waals surface area contributed by atoms with Gasteiger partial charge < -0.3 is 18.6 Å². The molecule has 0 unspecified atom stereocenters. The molecule has 4 nitrogen and oxygen atoms in total. The summed E-state index contributed by atoms with van der Waals surface area (Å²) in [5.74, 6) is 0. The Hall–Kier alpha value is -8.08. The predicted molar refractivity (Wildman–Crippen MR) is 270 cm³/mol. The van der Waals surface area contributed by atoms with Crippen LogP contribution >= 0.6 is 0 Å². The number of fused-ring (bicyclic) bond motifs is 8. The Bertz CT molecular complexity index is 3410. The van der Waals surface area contributed by atoms with Crippen LogP contribution in [0.3, 0.4) is 0 Å². The molecule has 306 valence electrons. The molecule has 2 aromatic heterocycles. The van der Waals surface area contributed by atoms with Gasteiger partial charge in [0.25, 0.3) is 0 Å². The topological polar surface area (TPSA) is 32.8 Å². The van der Waals surface area contributed by atoms with Crippen LogP contribution in [0.1, 0.15) is 22.3 Å². The lowest BCUT2D eigenvalue weighted by Crippen LogP contribution is -2.09. The summed E-state index contributed by atoms with van der Waals surface area (Å²) in [5.41, 5.74) is 16.9. The molecule has 2 heterocycles. The van der Waals surface area contributed by atoms with Crippen LogP contribution in [-0.2, 0) is 0 Å². The quantitative estimate of drug-likeness (QED) is 0.160. The first kappa shape index (κ1) is 37.7. The van der Waals surface area contributed by atoms with Crippen LogP contribution < -0.4 is 9.80 Å². The fraction of sp³-hybridized carbons (Fsp3) is 0.0667. The van der Waals surface area contributed by atoms with E-state index in [0.29, 0.717) is 0 Å². The third-order valence-corrected chi connectivity index (χ3v) is 12.8. The van der Waals surface area contributed by atoms with E-state index in [-0.39, 0.29) is 0 Å². The lowest BCUT2D eigenvalue weighted by Gasteiger charge is -2.26. The van der Waals surface area contributed by atoms with Gasteiger partial charge in [-0.3, -0.25) is 0 Å². The van der Waals surface area contributed by atoms with Crippen molar-refractivity contribution in [2.45, 2.75) is 27.7 Å². The fourth-order valence-electron chi connectivity index (χ4n) is 9.41. The number of rotatable bonds is 7. The van der Waals surface area contributed by atoms with E-state index in [2.05, 4.69) is 232 Å². The highest BCUT2D eigenvalue weighted by Gasteiger charge is 2.23. The molecule has 4 heteroatoms. The molecule has 0 aliphatic heterocycles. The number of furan rings is 2. The lowest BCUT2D eigenvalue weighted by molar-refractivity contribution is 0.658. The molecule has 12 rings (SSSR count). The van der Waals surface area contributed by atoms with Gasteiger partial charge in [0.05, 0.1) is 5.56 Å². The highest BCUT2D eigenvalue weighted by molar-refractivity contribution is 6.24. The van der Waals surface area contributed by atoms with Crippen molar-refractivity contribution >= 4 is 99.5 Å². The number of hydrogen-bond acceptors (Lipinski definition) is 4. The van der Waals surface area contributed by atoms with Crippen molar-refractivity contribution in [1.82, 2.24) is 0 Å². The number of aryl methyl sites for hydroxylation is 4. The van der Waals surface area contributed by atoms with Gasteiger partial charge >= 0.3 is 0 Å². The largest absolute Gasteiger partial charge is 0.455 e.